The van der Waals surface area contributed by atoms with Crippen LogP contribution in [0.3, 0.4) is 0 Å². The van der Waals surface area contributed by atoms with E-state index in [0.717, 1.165) is 11.4 Å². The summed E-state index contributed by atoms with van der Waals surface area (Å²) in [5, 5.41) is 7.53. The van der Waals surface area contributed by atoms with Gasteiger partial charge in [-0.25, -0.2) is 0 Å². The summed E-state index contributed by atoms with van der Waals surface area (Å²) in [6, 6.07) is 67.1. The van der Waals surface area contributed by atoms with E-state index in [1.807, 2.05) is 0 Å². The van der Waals surface area contributed by atoms with E-state index in [2.05, 4.69) is 216 Å². The zero-order valence-electron chi connectivity index (χ0n) is 31.2. The molecule has 0 amide bonds. The van der Waals surface area contributed by atoms with Gasteiger partial charge in [0.25, 0.3) is 0 Å². The van der Waals surface area contributed by atoms with Gasteiger partial charge in [0.05, 0.1) is 33.1 Å². The van der Waals surface area contributed by atoms with Crippen LogP contribution in [-0.4, -0.2) is 13.7 Å². The second-order valence-corrected chi connectivity index (χ2v) is 15.9. The number of para-hydroxylation sites is 4. The van der Waals surface area contributed by atoms with Crippen LogP contribution in [0.15, 0.2) is 182 Å². The van der Waals surface area contributed by atoms with Crippen LogP contribution >= 0.6 is 0 Å². The highest BCUT2D eigenvalue weighted by atomic mass is 15.0. The molecule has 3 heteroatoms. The maximum atomic E-state index is 2.45. The molecule has 0 aliphatic carbocycles. The lowest BCUT2D eigenvalue weighted by Crippen LogP contribution is -2.10. The molecule has 8 aromatic carbocycles. The van der Waals surface area contributed by atoms with Crippen LogP contribution in [0.5, 0.6) is 0 Å². The molecule has 0 bridgehead atoms. The minimum atomic E-state index is 0.107. The molecule has 3 nitrogen and oxygen atoms in total. The number of benzene rings is 8. The van der Waals surface area contributed by atoms with Crippen molar-refractivity contribution in [1.29, 1.82) is 0 Å². The van der Waals surface area contributed by atoms with Crippen molar-refractivity contribution in [1.82, 2.24) is 13.7 Å². The lowest BCUT2D eigenvalue weighted by molar-refractivity contribution is 0.590. The number of hydrogen-bond acceptors (Lipinski definition) is 0. The Bertz CT molecular complexity index is 3270. The maximum absolute atomic E-state index is 2.45. The Morgan fingerprint density at radius 3 is 1.35 bits per heavy atom. The van der Waals surface area contributed by atoms with E-state index in [-0.39, 0.29) is 5.41 Å². The van der Waals surface area contributed by atoms with E-state index in [1.54, 1.807) is 0 Å². The molecule has 0 aliphatic heterocycles. The van der Waals surface area contributed by atoms with Gasteiger partial charge in [0.15, 0.2) is 0 Å². The maximum Gasteiger partial charge on any atom is 0.0561 e. The summed E-state index contributed by atoms with van der Waals surface area (Å²) in [5.74, 6) is 0. The number of nitrogens with zero attached hydrogens (tertiary/aromatic N) is 3. The van der Waals surface area contributed by atoms with E-state index in [9.17, 15) is 0 Å². The van der Waals surface area contributed by atoms with Crippen molar-refractivity contribution in [2.75, 3.05) is 0 Å². The van der Waals surface area contributed by atoms with Crippen LogP contribution < -0.4 is 0 Å². The van der Waals surface area contributed by atoms with Crippen molar-refractivity contribution in [3.63, 3.8) is 0 Å². The molecule has 3 heterocycles. The Labute approximate surface area is 319 Å². The van der Waals surface area contributed by atoms with Gasteiger partial charge in [0.1, 0.15) is 0 Å². The molecule has 0 radical (unpaired) electrons. The van der Waals surface area contributed by atoms with Crippen LogP contribution in [0.25, 0.3) is 93.6 Å². The van der Waals surface area contributed by atoms with Gasteiger partial charge in [-0.3, -0.25) is 0 Å². The monoisotopic (exact) mass is 705 g/mol. The normalized spacial score (nSPS) is 12.3. The Kier molecular flexibility index (Phi) is 6.81. The van der Waals surface area contributed by atoms with Crippen molar-refractivity contribution in [3.05, 3.63) is 188 Å². The molecule has 0 aliphatic rings. The van der Waals surface area contributed by atoms with Crippen molar-refractivity contribution >= 4 is 65.4 Å². The van der Waals surface area contributed by atoms with E-state index in [0.29, 0.717) is 0 Å². The molecule has 0 spiro atoms. The van der Waals surface area contributed by atoms with E-state index >= 15 is 0 Å². The average molecular weight is 706 g/mol. The van der Waals surface area contributed by atoms with Gasteiger partial charge in [0, 0.05) is 49.4 Å². The lowest BCUT2D eigenvalue weighted by atomic mass is 9.87. The molecule has 0 fully saturated rings. The van der Waals surface area contributed by atoms with Gasteiger partial charge >= 0.3 is 0 Å². The number of rotatable bonds is 4. The van der Waals surface area contributed by atoms with E-state index in [4.69, 9.17) is 0 Å². The molecule has 0 saturated heterocycles. The molecule has 0 N–H and O–H groups in total. The second-order valence-electron chi connectivity index (χ2n) is 15.9. The van der Waals surface area contributed by atoms with Gasteiger partial charge in [-0.1, -0.05) is 130 Å². The van der Waals surface area contributed by atoms with Crippen molar-refractivity contribution in [2.24, 2.45) is 0 Å². The first-order valence-corrected chi connectivity index (χ1v) is 19.2. The third-order valence-electron chi connectivity index (χ3n) is 11.6. The fourth-order valence-electron chi connectivity index (χ4n) is 8.92. The smallest absolute Gasteiger partial charge is 0.0561 e. The Morgan fingerprint density at radius 1 is 0.291 bits per heavy atom. The van der Waals surface area contributed by atoms with E-state index in [1.165, 1.54) is 87.8 Å². The number of aromatic nitrogens is 3. The first-order chi connectivity index (χ1) is 26.9. The summed E-state index contributed by atoms with van der Waals surface area (Å²) < 4.78 is 7.26. The Hall–Kier alpha value is -6.84. The molecule has 0 atom stereocenters. The summed E-state index contributed by atoms with van der Waals surface area (Å²) in [7, 11) is 0. The predicted molar refractivity (Wildman–Crippen MR) is 234 cm³/mol. The van der Waals surface area contributed by atoms with Crippen molar-refractivity contribution < 1.29 is 0 Å². The lowest BCUT2D eigenvalue weighted by Gasteiger charge is -2.19. The van der Waals surface area contributed by atoms with Gasteiger partial charge in [-0.2, -0.15) is 0 Å². The zero-order valence-corrected chi connectivity index (χ0v) is 31.2. The highest BCUT2D eigenvalue weighted by molar-refractivity contribution is 6.13. The Balaban J connectivity index is 1.11. The summed E-state index contributed by atoms with van der Waals surface area (Å²) >= 11 is 0. The predicted octanol–water partition coefficient (Wildman–Crippen LogP) is 13.9. The van der Waals surface area contributed by atoms with Crippen LogP contribution in [0, 0.1) is 0 Å². The van der Waals surface area contributed by atoms with Crippen LogP contribution in [0.4, 0.5) is 0 Å². The van der Waals surface area contributed by atoms with Crippen molar-refractivity contribution in [3.8, 4) is 28.2 Å². The summed E-state index contributed by atoms with van der Waals surface area (Å²) in [6.45, 7) is 6.81. The van der Waals surface area contributed by atoms with Gasteiger partial charge in [-0.05, 0) is 94.9 Å². The topological polar surface area (TPSA) is 14.8 Å². The molecular weight excluding hydrogens is 667 g/mol. The van der Waals surface area contributed by atoms with Crippen LogP contribution in [0.1, 0.15) is 26.3 Å². The minimum absolute atomic E-state index is 0.107. The largest absolute Gasteiger partial charge is 0.309 e. The molecule has 0 unspecified atom stereocenters. The molecule has 0 saturated carbocycles. The van der Waals surface area contributed by atoms with Crippen LogP contribution in [0.2, 0.25) is 0 Å². The molecule has 262 valence electrons. The third kappa shape index (κ3) is 4.83. The SMILES string of the molecule is CC(C)(C)c1ccc(-n2c3ccccc3c3cc(-c4ccc5c6ccccc6n(-c6ccc7c8ccccc8n(-c8ccccc8)c7c6)c5c4)ccc32)cc1. The quantitative estimate of drug-likeness (QED) is 0.173. The molecule has 55 heavy (non-hydrogen) atoms. The van der Waals surface area contributed by atoms with Gasteiger partial charge < -0.3 is 13.7 Å². The highest BCUT2D eigenvalue weighted by Crippen LogP contribution is 2.40. The fourth-order valence-corrected chi connectivity index (χ4v) is 8.92. The number of hydrogen-bond donors (Lipinski definition) is 0. The fraction of sp³-hybridized carbons (Fsp3) is 0.0769. The number of fused-ring (bicyclic) bond motifs is 9. The first kappa shape index (κ1) is 31.7. The average Bonchev–Trinajstić information content (AvgIpc) is 3.85. The molecule has 3 aromatic heterocycles. The summed E-state index contributed by atoms with van der Waals surface area (Å²) in [4.78, 5) is 0. The second kappa shape index (κ2) is 11.8. The highest BCUT2D eigenvalue weighted by Gasteiger charge is 2.19. The molecule has 11 aromatic rings. The van der Waals surface area contributed by atoms with Crippen molar-refractivity contribution in [2.45, 2.75) is 26.2 Å². The minimum Gasteiger partial charge on any atom is -0.309 e. The first-order valence-electron chi connectivity index (χ1n) is 19.2. The van der Waals surface area contributed by atoms with Gasteiger partial charge in [-0.15, -0.1) is 0 Å². The molecule has 11 rings (SSSR count). The third-order valence-corrected chi connectivity index (χ3v) is 11.6. The Morgan fingerprint density at radius 2 is 0.709 bits per heavy atom. The standard InChI is InChI=1S/C52H39N3/c1-52(2,3)36-23-25-38(26-24-36)53-48-20-12-9-17-42(48)45-31-34(22-30-49(45)53)35-21-28-43-40-15-8-11-19-47(40)55(50(43)32-35)39-27-29-44-41-16-7-10-18-46(41)54(51(44)33-39)37-13-5-4-6-14-37/h4-33H,1-3H3. The van der Waals surface area contributed by atoms with Crippen LogP contribution in [-0.2, 0) is 5.41 Å². The van der Waals surface area contributed by atoms with E-state index < -0.39 is 0 Å². The summed E-state index contributed by atoms with van der Waals surface area (Å²) in [6.07, 6.45) is 0. The molecular formula is C52H39N3. The summed E-state index contributed by atoms with van der Waals surface area (Å²) in [5.41, 5.74) is 14.6. The zero-order chi connectivity index (χ0) is 36.8. The van der Waals surface area contributed by atoms with Gasteiger partial charge in [0.2, 0.25) is 0 Å².